The van der Waals surface area contributed by atoms with Crippen molar-refractivity contribution in [2.24, 2.45) is 0 Å². The number of aliphatic hydroxyl groups is 1. The maximum absolute atomic E-state index is 11.8. The summed E-state index contributed by atoms with van der Waals surface area (Å²) in [5.41, 5.74) is 4.28. The van der Waals surface area contributed by atoms with Crippen molar-refractivity contribution < 1.29 is 9.90 Å². The van der Waals surface area contributed by atoms with Crippen molar-refractivity contribution in [2.45, 2.75) is 45.3 Å². The molecule has 0 aromatic heterocycles. The second-order valence-electron chi connectivity index (χ2n) is 7.31. The normalized spacial score (nSPS) is 16.8. The molecule has 1 heterocycles. The van der Waals surface area contributed by atoms with Gasteiger partial charge >= 0.3 is 0 Å². The Morgan fingerprint density at radius 1 is 1.25 bits per heavy atom. The lowest BCUT2D eigenvalue weighted by atomic mass is 10.00. The van der Waals surface area contributed by atoms with E-state index in [1.54, 1.807) is 13.8 Å². The average Bonchev–Trinajstić information content (AvgIpc) is 2.64. The lowest BCUT2D eigenvalue weighted by molar-refractivity contribution is -0.125. The van der Waals surface area contributed by atoms with Gasteiger partial charge in [0.25, 0.3) is 0 Å². The highest BCUT2D eigenvalue weighted by molar-refractivity contribution is 5.76. The Bertz CT molecular complexity index is 683. The second kappa shape index (κ2) is 6.81. The summed E-state index contributed by atoms with van der Waals surface area (Å²) >= 11 is 0. The monoisotopic (exact) mass is 326 g/mol. The third-order valence-electron chi connectivity index (χ3n) is 4.55. The molecule has 1 aliphatic carbocycles. The number of carbonyl (C=O) groups is 1. The van der Waals surface area contributed by atoms with E-state index in [1.165, 1.54) is 16.8 Å². The summed E-state index contributed by atoms with van der Waals surface area (Å²) in [6, 6.07) is 6.51. The molecule has 4 heteroatoms. The van der Waals surface area contributed by atoms with E-state index < -0.39 is 5.60 Å². The molecule has 24 heavy (non-hydrogen) atoms. The van der Waals surface area contributed by atoms with Crippen LogP contribution in [0.1, 0.15) is 37.0 Å². The molecule has 0 saturated heterocycles. The van der Waals surface area contributed by atoms with Crippen LogP contribution in [0.25, 0.3) is 0 Å². The number of nitrogens with zero attached hydrogens (tertiary/aromatic N) is 1. The molecule has 0 radical (unpaired) electrons. The van der Waals surface area contributed by atoms with E-state index in [2.05, 4.69) is 46.6 Å². The highest BCUT2D eigenvalue weighted by Crippen LogP contribution is 2.22. The molecule has 0 fully saturated rings. The molecule has 1 aliphatic heterocycles. The van der Waals surface area contributed by atoms with E-state index >= 15 is 0 Å². The molecule has 128 valence electrons. The van der Waals surface area contributed by atoms with Gasteiger partial charge in [0.05, 0.1) is 12.0 Å². The summed E-state index contributed by atoms with van der Waals surface area (Å²) in [6.45, 7) is 5.91. The van der Waals surface area contributed by atoms with Crippen LogP contribution < -0.4 is 5.32 Å². The third kappa shape index (κ3) is 4.26. The number of carbonyl (C=O) groups excluding carboxylic acids is 1. The minimum atomic E-state index is -0.966. The number of allylic oxidation sites excluding steroid dienone is 3. The fourth-order valence-electron chi connectivity index (χ4n) is 3.20. The van der Waals surface area contributed by atoms with Crippen molar-refractivity contribution in [3.05, 3.63) is 58.8 Å². The Morgan fingerprint density at radius 3 is 2.58 bits per heavy atom. The van der Waals surface area contributed by atoms with Gasteiger partial charge in [-0.15, -0.1) is 0 Å². The first-order valence-electron chi connectivity index (χ1n) is 8.64. The van der Waals surface area contributed by atoms with Crippen molar-refractivity contribution in [3.8, 4) is 0 Å². The summed E-state index contributed by atoms with van der Waals surface area (Å²) in [7, 11) is 0. The Hall–Kier alpha value is -2.07. The van der Waals surface area contributed by atoms with Crippen molar-refractivity contribution in [1.29, 1.82) is 0 Å². The van der Waals surface area contributed by atoms with Gasteiger partial charge in [-0.25, -0.2) is 0 Å². The largest absolute Gasteiger partial charge is 0.390 e. The molecule has 2 aliphatic rings. The zero-order valence-electron chi connectivity index (χ0n) is 14.5. The second-order valence-corrected chi connectivity index (χ2v) is 7.31. The first kappa shape index (κ1) is 16.8. The molecule has 0 bridgehead atoms. The predicted molar refractivity (Wildman–Crippen MR) is 95.4 cm³/mol. The number of hydrogen-bond donors (Lipinski definition) is 2. The highest BCUT2D eigenvalue weighted by Gasteiger charge is 2.18. The number of hydrogen-bond acceptors (Lipinski definition) is 3. The molecule has 0 atom stereocenters. The maximum Gasteiger partial charge on any atom is 0.223 e. The van der Waals surface area contributed by atoms with Gasteiger partial charge in [0.15, 0.2) is 0 Å². The number of amides is 1. The van der Waals surface area contributed by atoms with Crippen LogP contribution in [0, 0.1) is 0 Å². The van der Waals surface area contributed by atoms with Crippen molar-refractivity contribution in [1.82, 2.24) is 10.2 Å². The lowest BCUT2D eigenvalue weighted by Gasteiger charge is -2.26. The Labute approximate surface area is 143 Å². The van der Waals surface area contributed by atoms with Crippen LogP contribution in [-0.4, -0.2) is 34.6 Å². The van der Waals surface area contributed by atoms with E-state index in [0.717, 1.165) is 31.5 Å². The molecule has 1 amide bonds. The van der Waals surface area contributed by atoms with E-state index in [0.29, 0.717) is 6.54 Å². The van der Waals surface area contributed by atoms with Gasteiger partial charge in [-0.2, -0.15) is 0 Å². The molecular weight excluding hydrogens is 300 g/mol. The van der Waals surface area contributed by atoms with Crippen LogP contribution in [0.4, 0.5) is 0 Å². The van der Waals surface area contributed by atoms with Crippen LogP contribution >= 0.6 is 0 Å². The van der Waals surface area contributed by atoms with Crippen LogP contribution in [-0.2, 0) is 24.2 Å². The van der Waals surface area contributed by atoms with E-state index in [-0.39, 0.29) is 12.3 Å². The molecule has 1 aromatic rings. The fraction of sp³-hybridized carbons (Fsp3) is 0.450. The fourth-order valence-corrected chi connectivity index (χ4v) is 3.20. The van der Waals surface area contributed by atoms with Crippen molar-refractivity contribution in [3.63, 3.8) is 0 Å². The Balaban J connectivity index is 1.58. The first-order valence-corrected chi connectivity index (χ1v) is 8.64. The van der Waals surface area contributed by atoms with Crippen LogP contribution in [0.3, 0.4) is 0 Å². The summed E-state index contributed by atoms with van der Waals surface area (Å²) in [4.78, 5) is 14.3. The smallest absolute Gasteiger partial charge is 0.223 e. The Kier molecular flexibility index (Phi) is 4.76. The van der Waals surface area contributed by atoms with Crippen molar-refractivity contribution in [2.75, 3.05) is 13.1 Å². The summed E-state index contributed by atoms with van der Waals surface area (Å²) in [5.74, 6) is -0.118. The standard InChI is InChI=1S/C20H26N2O2/c1-20(2,24)13-19(23)21-14-15-6-7-16-8-10-22(18-4-3-5-18)11-9-17(16)12-15/h3-7,12,24H,8-11,13-14H2,1-2H3,(H,21,23). The van der Waals surface area contributed by atoms with Gasteiger partial charge in [0.2, 0.25) is 5.91 Å². The van der Waals surface area contributed by atoms with Crippen LogP contribution in [0.15, 0.2) is 42.1 Å². The van der Waals surface area contributed by atoms with Gasteiger partial charge in [0.1, 0.15) is 0 Å². The van der Waals surface area contributed by atoms with E-state index in [1.807, 2.05) is 0 Å². The van der Waals surface area contributed by atoms with E-state index in [4.69, 9.17) is 0 Å². The Morgan fingerprint density at radius 2 is 1.96 bits per heavy atom. The quantitative estimate of drug-likeness (QED) is 0.873. The van der Waals surface area contributed by atoms with E-state index in [9.17, 15) is 9.90 Å². The average molecular weight is 326 g/mol. The molecule has 1 aromatic carbocycles. The molecule has 0 spiro atoms. The zero-order valence-corrected chi connectivity index (χ0v) is 14.5. The topological polar surface area (TPSA) is 52.6 Å². The van der Waals surface area contributed by atoms with Gasteiger partial charge in [-0.05, 0) is 55.5 Å². The van der Waals surface area contributed by atoms with Gasteiger partial charge < -0.3 is 15.3 Å². The summed E-state index contributed by atoms with van der Waals surface area (Å²) in [5, 5.41) is 12.6. The lowest BCUT2D eigenvalue weighted by Crippen LogP contribution is -2.31. The zero-order chi connectivity index (χ0) is 17.2. The number of fused-ring (bicyclic) bond motifs is 1. The predicted octanol–water partition coefficient (Wildman–Crippen LogP) is 2.32. The molecule has 4 nitrogen and oxygen atoms in total. The molecule has 0 saturated carbocycles. The van der Waals surface area contributed by atoms with Gasteiger partial charge in [-0.1, -0.05) is 24.3 Å². The minimum absolute atomic E-state index is 0.118. The minimum Gasteiger partial charge on any atom is -0.390 e. The first-order chi connectivity index (χ1) is 11.4. The summed E-state index contributed by atoms with van der Waals surface area (Å²) < 4.78 is 0. The maximum atomic E-state index is 11.8. The summed E-state index contributed by atoms with van der Waals surface area (Å²) in [6.07, 6.45) is 8.63. The van der Waals surface area contributed by atoms with Crippen LogP contribution in [0.5, 0.6) is 0 Å². The van der Waals surface area contributed by atoms with Gasteiger partial charge in [0, 0.05) is 25.3 Å². The number of nitrogens with one attached hydrogen (secondary N) is 1. The van der Waals surface area contributed by atoms with Gasteiger partial charge in [-0.3, -0.25) is 4.79 Å². The molecule has 3 rings (SSSR count). The molecular formula is C20H26N2O2. The molecule has 0 unspecified atom stereocenters. The van der Waals surface area contributed by atoms with Crippen molar-refractivity contribution >= 4 is 5.91 Å². The third-order valence-corrected chi connectivity index (χ3v) is 4.55. The SMILES string of the molecule is CC(C)(O)CC(=O)NCc1ccc2c(c1)CCN(C1=CC=C1)CC2. The number of benzene rings is 1. The number of rotatable bonds is 5. The van der Waals surface area contributed by atoms with Crippen LogP contribution in [0.2, 0.25) is 0 Å². The highest BCUT2D eigenvalue weighted by atomic mass is 16.3. The molecule has 2 N–H and O–H groups in total.